The van der Waals surface area contributed by atoms with Crippen LogP contribution in [0.5, 0.6) is 5.75 Å². The molecular weight excluding hydrogens is 311 g/mol. The van der Waals surface area contributed by atoms with Gasteiger partial charge in [0.2, 0.25) is 0 Å². The Morgan fingerprint density at radius 1 is 1.43 bits per heavy atom. The lowest BCUT2D eigenvalue weighted by Crippen LogP contribution is -2.22. The van der Waals surface area contributed by atoms with E-state index in [-0.39, 0.29) is 28.0 Å². The Hall–Kier alpha value is -2.14. The molecule has 0 bridgehead atoms. The molecule has 0 spiro atoms. The Labute approximate surface area is 133 Å². The maximum absolute atomic E-state index is 11.8. The number of nitrogens with zero attached hydrogens (tertiary/aromatic N) is 2. The van der Waals surface area contributed by atoms with Crippen LogP contribution in [0.15, 0.2) is 17.7 Å². The molecule has 1 amide bonds. The molecule has 4 nitrogen and oxygen atoms in total. The lowest BCUT2D eigenvalue weighted by atomic mass is 10.1. The quantitative estimate of drug-likeness (QED) is 0.486. The highest BCUT2D eigenvalue weighted by Crippen LogP contribution is 2.34. The van der Waals surface area contributed by atoms with E-state index < -0.39 is 5.91 Å². The third-order valence-corrected chi connectivity index (χ3v) is 2.95. The number of nitriles is 1. The fourth-order valence-electron chi connectivity index (χ4n) is 1.46. The van der Waals surface area contributed by atoms with Gasteiger partial charge in [0.1, 0.15) is 18.2 Å². The Morgan fingerprint density at radius 3 is 2.43 bits per heavy atom. The molecule has 0 saturated carbocycles. The zero-order valence-electron chi connectivity index (χ0n) is 11.5. The van der Waals surface area contributed by atoms with E-state index in [0.717, 1.165) is 0 Å². The van der Waals surface area contributed by atoms with Crippen LogP contribution in [0.1, 0.15) is 5.56 Å². The summed E-state index contributed by atoms with van der Waals surface area (Å²) >= 11 is 12.1. The minimum atomic E-state index is -0.405. The Bertz CT molecular complexity index is 644. The van der Waals surface area contributed by atoms with Gasteiger partial charge in [-0.1, -0.05) is 29.1 Å². The number of hydrogen-bond acceptors (Lipinski definition) is 3. The van der Waals surface area contributed by atoms with Crippen LogP contribution in [-0.4, -0.2) is 31.5 Å². The second-order valence-corrected chi connectivity index (χ2v) is 4.99. The topological polar surface area (TPSA) is 53.3 Å². The zero-order valence-corrected chi connectivity index (χ0v) is 13.0. The maximum Gasteiger partial charge on any atom is 0.264 e. The SMILES string of the molecule is C#CCOc1c(Cl)cc(/C=C(/C#N)C(=O)N(C)C)cc1Cl. The first kappa shape index (κ1) is 16.9. The fourth-order valence-corrected chi connectivity index (χ4v) is 2.08. The Balaban J connectivity index is 3.19. The number of carbonyl (C=O) groups is 1. The number of ether oxygens (including phenoxy) is 1. The average Bonchev–Trinajstić information content (AvgIpc) is 2.43. The molecule has 1 rings (SSSR count). The van der Waals surface area contributed by atoms with Gasteiger partial charge < -0.3 is 9.64 Å². The first-order valence-electron chi connectivity index (χ1n) is 5.79. The molecule has 0 aliphatic heterocycles. The third-order valence-electron chi connectivity index (χ3n) is 2.39. The van der Waals surface area contributed by atoms with Gasteiger partial charge in [0.15, 0.2) is 5.75 Å². The fraction of sp³-hybridized carbons (Fsp3) is 0.200. The molecule has 0 fully saturated rings. The molecule has 0 unspecified atom stereocenters. The van der Waals surface area contributed by atoms with Crippen molar-refractivity contribution in [1.29, 1.82) is 5.26 Å². The summed E-state index contributed by atoms with van der Waals surface area (Å²) < 4.78 is 5.23. The minimum absolute atomic E-state index is 0.0237. The number of benzene rings is 1. The van der Waals surface area contributed by atoms with Crippen LogP contribution >= 0.6 is 23.2 Å². The number of halogens is 2. The molecule has 0 aliphatic carbocycles. The summed E-state index contributed by atoms with van der Waals surface area (Å²) in [7, 11) is 3.12. The van der Waals surface area contributed by atoms with Crippen molar-refractivity contribution in [3.63, 3.8) is 0 Å². The number of hydrogen-bond donors (Lipinski definition) is 0. The van der Waals surface area contributed by atoms with E-state index in [1.54, 1.807) is 26.2 Å². The van der Waals surface area contributed by atoms with Crippen LogP contribution in [0.4, 0.5) is 0 Å². The van der Waals surface area contributed by atoms with Crippen molar-refractivity contribution in [3.05, 3.63) is 33.3 Å². The van der Waals surface area contributed by atoms with Gasteiger partial charge in [0.05, 0.1) is 10.0 Å². The van der Waals surface area contributed by atoms with Crippen LogP contribution in [0, 0.1) is 23.7 Å². The van der Waals surface area contributed by atoms with Crippen molar-refractivity contribution in [2.45, 2.75) is 0 Å². The molecule has 0 radical (unpaired) electrons. The molecule has 1 aromatic carbocycles. The molecule has 0 saturated heterocycles. The van der Waals surface area contributed by atoms with Crippen LogP contribution in [0.3, 0.4) is 0 Å². The number of likely N-dealkylation sites (N-methyl/N-ethyl adjacent to an activating group) is 1. The Kier molecular flexibility index (Phi) is 6.11. The molecule has 0 heterocycles. The predicted molar refractivity (Wildman–Crippen MR) is 83.1 cm³/mol. The number of rotatable bonds is 4. The molecule has 6 heteroatoms. The number of terminal acetylenes is 1. The zero-order chi connectivity index (χ0) is 16.0. The van der Waals surface area contributed by atoms with Crippen LogP contribution in [-0.2, 0) is 4.79 Å². The standard InChI is InChI=1S/C15H12Cl2N2O2/c1-4-5-21-14-12(16)7-10(8-13(14)17)6-11(9-18)15(20)19(2)3/h1,6-8H,5H2,2-3H3/b11-6-. The lowest BCUT2D eigenvalue weighted by molar-refractivity contribution is -0.124. The minimum Gasteiger partial charge on any atom is -0.478 e. The second-order valence-electron chi connectivity index (χ2n) is 4.18. The molecule has 0 aliphatic rings. The van der Waals surface area contributed by atoms with Crippen molar-refractivity contribution >= 4 is 35.2 Å². The van der Waals surface area contributed by atoms with E-state index in [4.69, 9.17) is 39.6 Å². The van der Waals surface area contributed by atoms with E-state index in [9.17, 15) is 4.79 Å². The van der Waals surface area contributed by atoms with Crippen molar-refractivity contribution in [1.82, 2.24) is 4.90 Å². The van der Waals surface area contributed by atoms with Gasteiger partial charge in [-0.25, -0.2) is 0 Å². The van der Waals surface area contributed by atoms with E-state index in [0.29, 0.717) is 5.56 Å². The number of amides is 1. The molecule has 0 N–H and O–H groups in total. The monoisotopic (exact) mass is 322 g/mol. The summed E-state index contributed by atoms with van der Waals surface area (Å²) in [4.78, 5) is 13.1. The molecule has 0 atom stereocenters. The largest absolute Gasteiger partial charge is 0.478 e. The van der Waals surface area contributed by atoms with Crippen molar-refractivity contribution in [2.75, 3.05) is 20.7 Å². The average molecular weight is 323 g/mol. The van der Waals surface area contributed by atoms with E-state index >= 15 is 0 Å². The van der Waals surface area contributed by atoms with Gasteiger partial charge in [-0.15, -0.1) is 6.42 Å². The van der Waals surface area contributed by atoms with Crippen molar-refractivity contribution in [2.24, 2.45) is 0 Å². The highest BCUT2D eigenvalue weighted by Gasteiger charge is 2.13. The van der Waals surface area contributed by atoms with Gasteiger partial charge >= 0.3 is 0 Å². The van der Waals surface area contributed by atoms with E-state index in [1.807, 2.05) is 6.07 Å². The second kappa shape index (κ2) is 7.59. The summed E-state index contributed by atoms with van der Waals surface area (Å²) in [6.45, 7) is 0.0389. The highest BCUT2D eigenvalue weighted by atomic mass is 35.5. The molecule has 21 heavy (non-hydrogen) atoms. The molecular formula is C15H12Cl2N2O2. The van der Waals surface area contributed by atoms with Crippen LogP contribution in [0.2, 0.25) is 10.0 Å². The summed E-state index contributed by atoms with van der Waals surface area (Å²) in [6, 6.07) is 4.93. The predicted octanol–water partition coefficient (Wildman–Crippen LogP) is 3.00. The summed E-state index contributed by atoms with van der Waals surface area (Å²) in [5, 5.41) is 9.53. The highest BCUT2D eigenvalue weighted by molar-refractivity contribution is 6.37. The van der Waals surface area contributed by atoms with E-state index in [1.165, 1.54) is 11.0 Å². The van der Waals surface area contributed by atoms with Gasteiger partial charge in [-0.2, -0.15) is 5.26 Å². The summed E-state index contributed by atoms with van der Waals surface area (Å²) in [5.74, 6) is 2.17. The van der Waals surface area contributed by atoms with Gasteiger partial charge in [-0.05, 0) is 23.8 Å². The maximum atomic E-state index is 11.8. The number of carbonyl (C=O) groups excluding carboxylic acids is 1. The lowest BCUT2D eigenvalue weighted by Gasteiger charge is -2.10. The van der Waals surface area contributed by atoms with Crippen LogP contribution in [0.25, 0.3) is 6.08 Å². The van der Waals surface area contributed by atoms with Crippen molar-refractivity contribution < 1.29 is 9.53 Å². The summed E-state index contributed by atoms with van der Waals surface area (Å²) in [5.41, 5.74) is 0.495. The first-order valence-corrected chi connectivity index (χ1v) is 6.55. The summed E-state index contributed by atoms with van der Waals surface area (Å²) in [6.07, 6.45) is 6.51. The van der Waals surface area contributed by atoms with Gasteiger partial charge in [0, 0.05) is 14.1 Å². The molecule has 108 valence electrons. The van der Waals surface area contributed by atoms with Gasteiger partial charge in [-0.3, -0.25) is 4.79 Å². The molecule has 0 aromatic heterocycles. The normalized spacial score (nSPS) is 10.5. The molecule has 1 aromatic rings. The van der Waals surface area contributed by atoms with Crippen LogP contribution < -0.4 is 4.74 Å². The van der Waals surface area contributed by atoms with Gasteiger partial charge in [0.25, 0.3) is 5.91 Å². The van der Waals surface area contributed by atoms with E-state index in [2.05, 4.69) is 5.92 Å². The smallest absolute Gasteiger partial charge is 0.264 e. The first-order chi connectivity index (χ1) is 9.90. The third kappa shape index (κ3) is 4.43. The van der Waals surface area contributed by atoms with Crippen molar-refractivity contribution in [3.8, 4) is 24.2 Å². The Morgan fingerprint density at radius 2 is 2.00 bits per heavy atom.